The molecule has 2 nitrogen and oxygen atoms in total. The van der Waals surface area contributed by atoms with E-state index in [1.165, 1.54) is 31.2 Å². The van der Waals surface area contributed by atoms with Crippen molar-refractivity contribution in [2.75, 3.05) is 0 Å². The lowest BCUT2D eigenvalue weighted by Crippen LogP contribution is -2.43. The molecule has 0 aromatic heterocycles. The van der Waals surface area contributed by atoms with E-state index in [4.69, 9.17) is 4.74 Å². The van der Waals surface area contributed by atoms with Crippen LogP contribution in [0, 0.1) is 5.92 Å². The molecule has 1 aromatic rings. The first-order valence-corrected chi connectivity index (χ1v) is 7.64. The van der Waals surface area contributed by atoms with E-state index in [0.717, 1.165) is 11.7 Å². The third kappa shape index (κ3) is 2.64. The van der Waals surface area contributed by atoms with Crippen molar-refractivity contribution in [3.05, 3.63) is 29.8 Å². The third-order valence-electron chi connectivity index (χ3n) is 4.51. The number of para-hydroxylation sites is 1. The first kappa shape index (κ1) is 13.0. The van der Waals surface area contributed by atoms with Gasteiger partial charge in [0.05, 0.1) is 6.04 Å². The molecule has 19 heavy (non-hydrogen) atoms. The summed E-state index contributed by atoms with van der Waals surface area (Å²) < 4.78 is 6.11. The molecule has 1 aliphatic carbocycles. The number of fused-ring (bicyclic) bond motifs is 1. The van der Waals surface area contributed by atoms with Gasteiger partial charge in [-0.05, 0) is 38.7 Å². The van der Waals surface area contributed by atoms with Crippen LogP contribution >= 0.6 is 0 Å². The van der Waals surface area contributed by atoms with Crippen molar-refractivity contribution < 1.29 is 4.74 Å². The SMILES string of the molecule is CCC(CC1CC1)NC1c2ccccc2OC1(C)C. The molecular formula is C17H25NO. The van der Waals surface area contributed by atoms with E-state index in [2.05, 4.69) is 50.4 Å². The maximum atomic E-state index is 6.11. The van der Waals surface area contributed by atoms with Gasteiger partial charge in [0.25, 0.3) is 0 Å². The zero-order valence-corrected chi connectivity index (χ0v) is 12.3. The van der Waals surface area contributed by atoms with E-state index >= 15 is 0 Å². The number of benzene rings is 1. The fraction of sp³-hybridized carbons (Fsp3) is 0.647. The van der Waals surface area contributed by atoms with Crippen LogP contribution in [0.4, 0.5) is 0 Å². The first-order chi connectivity index (χ1) is 9.10. The molecule has 1 heterocycles. The zero-order chi connectivity index (χ0) is 13.5. The molecule has 3 rings (SSSR count). The van der Waals surface area contributed by atoms with E-state index in [1.807, 2.05) is 0 Å². The highest BCUT2D eigenvalue weighted by Crippen LogP contribution is 2.43. The van der Waals surface area contributed by atoms with Crippen LogP contribution in [-0.4, -0.2) is 11.6 Å². The van der Waals surface area contributed by atoms with Gasteiger partial charge in [-0.2, -0.15) is 0 Å². The van der Waals surface area contributed by atoms with Gasteiger partial charge in [-0.15, -0.1) is 0 Å². The average molecular weight is 259 g/mol. The minimum Gasteiger partial charge on any atom is -0.486 e. The molecule has 0 bridgehead atoms. The lowest BCUT2D eigenvalue weighted by atomic mass is 9.92. The van der Waals surface area contributed by atoms with Gasteiger partial charge in [-0.3, -0.25) is 0 Å². The Morgan fingerprint density at radius 2 is 2.05 bits per heavy atom. The van der Waals surface area contributed by atoms with Crippen LogP contribution in [0.25, 0.3) is 0 Å². The van der Waals surface area contributed by atoms with Crippen LogP contribution in [0.5, 0.6) is 5.75 Å². The lowest BCUT2D eigenvalue weighted by Gasteiger charge is -2.31. The zero-order valence-electron chi connectivity index (χ0n) is 12.3. The Morgan fingerprint density at radius 1 is 1.32 bits per heavy atom. The van der Waals surface area contributed by atoms with E-state index in [1.54, 1.807) is 0 Å². The van der Waals surface area contributed by atoms with Gasteiger partial charge in [-0.1, -0.05) is 38.0 Å². The second-order valence-electron chi connectivity index (χ2n) is 6.63. The Bertz CT molecular complexity index is 450. The number of nitrogens with one attached hydrogen (secondary N) is 1. The van der Waals surface area contributed by atoms with Crippen LogP contribution in [-0.2, 0) is 0 Å². The summed E-state index contributed by atoms with van der Waals surface area (Å²) >= 11 is 0. The summed E-state index contributed by atoms with van der Waals surface area (Å²) in [6.45, 7) is 6.66. The Balaban J connectivity index is 1.77. The topological polar surface area (TPSA) is 21.3 Å². The van der Waals surface area contributed by atoms with Crippen LogP contribution in [0.1, 0.15) is 58.1 Å². The summed E-state index contributed by atoms with van der Waals surface area (Å²) in [6.07, 6.45) is 5.38. The molecule has 1 aromatic carbocycles. The van der Waals surface area contributed by atoms with Gasteiger partial charge in [0.15, 0.2) is 0 Å². The smallest absolute Gasteiger partial charge is 0.125 e. The molecule has 1 N–H and O–H groups in total. The maximum absolute atomic E-state index is 6.11. The van der Waals surface area contributed by atoms with Crippen molar-refractivity contribution in [1.29, 1.82) is 0 Å². The molecular weight excluding hydrogens is 234 g/mol. The fourth-order valence-corrected chi connectivity index (χ4v) is 3.16. The Labute approximate surface area is 116 Å². The summed E-state index contributed by atoms with van der Waals surface area (Å²) in [6, 6.07) is 9.38. The molecule has 1 aliphatic heterocycles. The standard InChI is InChI=1S/C17H25NO/c1-4-13(11-12-9-10-12)18-16-14-7-5-6-8-15(14)19-17(16,2)3/h5-8,12-13,16,18H,4,9-11H2,1-3H3. The minimum absolute atomic E-state index is 0.152. The van der Waals surface area contributed by atoms with Gasteiger partial charge in [0.1, 0.15) is 11.4 Å². The van der Waals surface area contributed by atoms with Crippen molar-refractivity contribution in [1.82, 2.24) is 5.32 Å². The van der Waals surface area contributed by atoms with E-state index in [-0.39, 0.29) is 5.60 Å². The normalized spacial score (nSPS) is 25.7. The second kappa shape index (κ2) is 4.82. The molecule has 104 valence electrons. The lowest BCUT2D eigenvalue weighted by molar-refractivity contribution is 0.0894. The van der Waals surface area contributed by atoms with Crippen molar-refractivity contribution in [3.8, 4) is 5.75 Å². The largest absolute Gasteiger partial charge is 0.486 e. The number of hydrogen-bond acceptors (Lipinski definition) is 2. The first-order valence-electron chi connectivity index (χ1n) is 7.64. The molecule has 0 radical (unpaired) electrons. The summed E-state index contributed by atoms with van der Waals surface area (Å²) in [5.41, 5.74) is 1.17. The van der Waals surface area contributed by atoms with Crippen molar-refractivity contribution in [2.24, 2.45) is 5.92 Å². The maximum Gasteiger partial charge on any atom is 0.125 e. The molecule has 1 saturated carbocycles. The van der Waals surface area contributed by atoms with Crippen LogP contribution in [0.2, 0.25) is 0 Å². The van der Waals surface area contributed by atoms with Crippen LogP contribution in [0.15, 0.2) is 24.3 Å². The highest BCUT2D eigenvalue weighted by atomic mass is 16.5. The van der Waals surface area contributed by atoms with Gasteiger partial charge in [0.2, 0.25) is 0 Å². The van der Waals surface area contributed by atoms with Crippen LogP contribution < -0.4 is 10.1 Å². The van der Waals surface area contributed by atoms with Gasteiger partial charge >= 0.3 is 0 Å². The quantitative estimate of drug-likeness (QED) is 0.860. The summed E-state index contributed by atoms with van der Waals surface area (Å²) in [5.74, 6) is 2.02. The minimum atomic E-state index is -0.152. The van der Waals surface area contributed by atoms with E-state index in [0.29, 0.717) is 12.1 Å². The van der Waals surface area contributed by atoms with Gasteiger partial charge in [0, 0.05) is 11.6 Å². The third-order valence-corrected chi connectivity index (χ3v) is 4.51. The molecule has 2 atom stereocenters. The monoisotopic (exact) mass is 259 g/mol. The number of rotatable bonds is 5. The summed E-state index contributed by atoms with van der Waals surface area (Å²) in [4.78, 5) is 0. The molecule has 0 amide bonds. The van der Waals surface area contributed by atoms with Gasteiger partial charge < -0.3 is 10.1 Å². The average Bonchev–Trinajstić information content (AvgIpc) is 3.14. The number of hydrogen-bond donors (Lipinski definition) is 1. The van der Waals surface area contributed by atoms with Crippen LogP contribution in [0.3, 0.4) is 0 Å². The highest BCUT2D eigenvalue weighted by molar-refractivity contribution is 5.42. The summed E-state index contributed by atoms with van der Waals surface area (Å²) in [5, 5.41) is 3.86. The molecule has 1 fully saturated rings. The Hall–Kier alpha value is -1.02. The predicted octanol–water partition coefficient (Wildman–Crippen LogP) is 4.07. The second-order valence-corrected chi connectivity index (χ2v) is 6.63. The predicted molar refractivity (Wildman–Crippen MR) is 78.4 cm³/mol. The van der Waals surface area contributed by atoms with Crippen molar-refractivity contribution >= 4 is 0 Å². The highest BCUT2D eigenvalue weighted by Gasteiger charge is 2.42. The van der Waals surface area contributed by atoms with E-state index < -0.39 is 0 Å². The molecule has 0 saturated heterocycles. The molecule has 2 aliphatic rings. The molecule has 0 spiro atoms. The van der Waals surface area contributed by atoms with Crippen molar-refractivity contribution in [2.45, 2.75) is 64.1 Å². The van der Waals surface area contributed by atoms with E-state index in [9.17, 15) is 0 Å². The summed E-state index contributed by atoms with van der Waals surface area (Å²) in [7, 11) is 0. The number of ether oxygens (including phenoxy) is 1. The Kier molecular flexibility index (Phi) is 3.30. The molecule has 2 unspecified atom stereocenters. The fourth-order valence-electron chi connectivity index (χ4n) is 3.16. The van der Waals surface area contributed by atoms with Crippen molar-refractivity contribution in [3.63, 3.8) is 0 Å². The van der Waals surface area contributed by atoms with Gasteiger partial charge in [-0.25, -0.2) is 0 Å². The molecule has 2 heteroatoms. The Morgan fingerprint density at radius 3 is 2.74 bits per heavy atom.